The molecule has 0 aromatic carbocycles. The van der Waals surface area contributed by atoms with Gasteiger partial charge >= 0.3 is 0 Å². The van der Waals surface area contributed by atoms with Gasteiger partial charge in [0.1, 0.15) is 0 Å². The van der Waals surface area contributed by atoms with Crippen LogP contribution in [0.1, 0.15) is 52.4 Å². The molecule has 1 N–H and O–H groups in total. The molecule has 1 saturated carbocycles. The quantitative estimate of drug-likeness (QED) is 0.790. The molecule has 0 radical (unpaired) electrons. The van der Waals surface area contributed by atoms with Gasteiger partial charge in [0.2, 0.25) is 0 Å². The lowest BCUT2D eigenvalue weighted by Crippen LogP contribution is -2.51. The van der Waals surface area contributed by atoms with Gasteiger partial charge in [0.05, 0.1) is 0 Å². The van der Waals surface area contributed by atoms with Gasteiger partial charge in [-0.3, -0.25) is 4.90 Å². The van der Waals surface area contributed by atoms with E-state index in [0.717, 1.165) is 18.5 Å². The summed E-state index contributed by atoms with van der Waals surface area (Å²) < 4.78 is 0. The van der Waals surface area contributed by atoms with E-state index < -0.39 is 0 Å². The predicted molar refractivity (Wildman–Crippen MR) is 69.7 cm³/mol. The van der Waals surface area contributed by atoms with Gasteiger partial charge in [-0.1, -0.05) is 19.8 Å². The zero-order chi connectivity index (χ0) is 11.4. The zero-order valence-corrected chi connectivity index (χ0v) is 11.0. The van der Waals surface area contributed by atoms with E-state index in [1.165, 1.54) is 51.6 Å². The largest absolute Gasteiger partial charge is 0.313 e. The molecule has 2 nitrogen and oxygen atoms in total. The number of likely N-dealkylation sites (N-methyl/N-ethyl adjacent to an activating group) is 1. The van der Waals surface area contributed by atoms with E-state index in [2.05, 4.69) is 24.1 Å². The Balaban J connectivity index is 1.87. The fourth-order valence-electron chi connectivity index (χ4n) is 3.72. The van der Waals surface area contributed by atoms with E-state index in [9.17, 15) is 0 Å². The first-order valence-corrected chi connectivity index (χ1v) is 7.28. The summed E-state index contributed by atoms with van der Waals surface area (Å²) in [6.45, 7) is 8.24. The summed E-state index contributed by atoms with van der Waals surface area (Å²) >= 11 is 0. The summed E-state index contributed by atoms with van der Waals surface area (Å²) in [7, 11) is 0. The van der Waals surface area contributed by atoms with E-state index in [-0.39, 0.29) is 0 Å². The van der Waals surface area contributed by atoms with Crippen LogP contribution in [-0.2, 0) is 0 Å². The summed E-state index contributed by atoms with van der Waals surface area (Å²) in [4.78, 5) is 2.78. The monoisotopic (exact) mass is 224 g/mol. The molecule has 1 heterocycles. The summed E-state index contributed by atoms with van der Waals surface area (Å²) in [6.07, 6.45) is 8.84. The molecule has 2 fully saturated rings. The van der Waals surface area contributed by atoms with Gasteiger partial charge in [-0.2, -0.15) is 0 Å². The van der Waals surface area contributed by atoms with Crippen LogP contribution in [0.5, 0.6) is 0 Å². The van der Waals surface area contributed by atoms with E-state index in [0.29, 0.717) is 6.04 Å². The molecule has 2 rings (SSSR count). The predicted octanol–water partition coefficient (Wildman–Crippen LogP) is 2.64. The molecule has 0 bridgehead atoms. The van der Waals surface area contributed by atoms with Crippen molar-refractivity contribution >= 4 is 0 Å². The Morgan fingerprint density at radius 3 is 2.75 bits per heavy atom. The van der Waals surface area contributed by atoms with Crippen molar-refractivity contribution in [3.05, 3.63) is 0 Å². The summed E-state index contributed by atoms with van der Waals surface area (Å²) in [5, 5.41) is 3.55. The lowest BCUT2D eigenvalue weighted by atomic mass is 9.78. The van der Waals surface area contributed by atoms with Gasteiger partial charge < -0.3 is 5.32 Å². The first-order chi connectivity index (χ1) is 7.81. The topological polar surface area (TPSA) is 15.3 Å². The van der Waals surface area contributed by atoms with Crippen LogP contribution in [0.4, 0.5) is 0 Å². The lowest BCUT2D eigenvalue weighted by Gasteiger charge is -2.45. The van der Waals surface area contributed by atoms with Crippen LogP contribution < -0.4 is 5.32 Å². The van der Waals surface area contributed by atoms with Gasteiger partial charge in [-0.15, -0.1) is 0 Å². The summed E-state index contributed by atoms with van der Waals surface area (Å²) in [5.74, 6) is 1.02. The highest BCUT2D eigenvalue weighted by Gasteiger charge is 2.33. The molecule has 0 spiro atoms. The lowest BCUT2D eigenvalue weighted by molar-refractivity contribution is 0.0547. The summed E-state index contributed by atoms with van der Waals surface area (Å²) in [5.41, 5.74) is 0. The van der Waals surface area contributed by atoms with E-state index in [4.69, 9.17) is 0 Å². The molecule has 3 unspecified atom stereocenters. The Labute approximate surface area is 101 Å². The highest BCUT2D eigenvalue weighted by Crippen LogP contribution is 2.35. The third-order valence-electron chi connectivity index (χ3n) is 4.42. The van der Waals surface area contributed by atoms with Gasteiger partial charge in [0.25, 0.3) is 0 Å². The number of likely N-dealkylation sites (tertiary alicyclic amines) is 1. The van der Waals surface area contributed by atoms with E-state index in [1.54, 1.807) is 0 Å². The second kappa shape index (κ2) is 6.02. The average Bonchev–Trinajstić information content (AvgIpc) is 2.30. The molecule has 0 aromatic heterocycles. The van der Waals surface area contributed by atoms with Crippen LogP contribution in [0, 0.1) is 5.92 Å². The minimum Gasteiger partial charge on any atom is -0.313 e. The number of rotatable bonds is 4. The minimum absolute atomic E-state index is 0.658. The average molecular weight is 224 g/mol. The fourth-order valence-corrected chi connectivity index (χ4v) is 3.72. The Hall–Kier alpha value is -0.0800. The van der Waals surface area contributed by atoms with Gasteiger partial charge in [0, 0.05) is 18.6 Å². The van der Waals surface area contributed by atoms with Crippen molar-refractivity contribution < 1.29 is 0 Å². The molecule has 0 amide bonds. The number of hydrogen-bond acceptors (Lipinski definition) is 2. The van der Waals surface area contributed by atoms with Crippen molar-refractivity contribution in [2.45, 2.75) is 64.5 Å². The molecule has 94 valence electrons. The van der Waals surface area contributed by atoms with E-state index in [1.807, 2.05) is 0 Å². The molecule has 16 heavy (non-hydrogen) atoms. The third-order valence-corrected chi connectivity index (χ3v) is 4.42. The highest BCUT2D eigenvalue weighted by atomic mass is 15.2. The Kier molecular flexibility index (Phi) is 4.66. The molecule has 3 atom stereocenters. The highest BCUT2D eigenvalue weighted by molar-refractivity contribution is 4.88. The van der Waals surface area contributed by atoms with Crippen molar-refractivity contribution in [3.63, 3.8) is 0 Å². The number of nitrogens with one attached hydrogen (secondary N) is 1. The summed E-state index contributed by atoms with van der Waals surface area (Å²) in [6, 6.07) is 1.58. The van der Waals surface area contributed by atoms with Crippen molar-refractivity contribution in [2.75, 3.05) is 19.6 Å². The van der Waals surface area contributed by atoms with E-state index >= 15 is 0 Å². The van der Waals surface area contributed by atoms with Crippen molar-refractivity contribution in [1.82, 2.24) is 10.2 Å². The maximum Gasteiger partial charge on any atom is 0.0166 e. The zero-order valence-electron chi connectivity index (χ0n) is 11.0. The van der Waals surface area contributed by atoms with Gasteiger partial charge in [0.15, 0.2) is 0 Å². The molecule has 2 aliphatic rings. The maximum atomic E-state index is 3.55. The molecule has 1 saturated heterocycles. The number of piperidine rings is 1. The standard InChI is InChI=1S/C14H28N2/c1-3-15-12(2)11-16-10-6-8-13-7-4-5-9-14(13)16/h12-15H,3-11H2,1-2H3. The Morgan fingerprint density at radius 2 is 1.94 bits per heavy atom. The Bertz CT molecular complexity index is 203. The van der Waals surface area contributed by atoms with Gasteiger partial charge in [-0.25, -0.2) is 0 Å². The number of hydrogen-bond donors (Lipinski definition) is 1. The minimum atomic E-state index is 0.658. The molecule has 0 aromatic rings. The SMILES string of the molecule is CCNC(C)CN1CCCC2CCCCC21. The smallest absolute Gasteiger partial charge is 0.0166 e. The Morgan fingerprint density at radius 1 is 1.19 bits per heavy atom. The van der Waals surface area contributed by atoms with Crippen LogP contribution >= 0.6 is 0 Å². The van der Waals surface area contributed by atoms with Gasteiger partial charge in [-0.05, 0) is 51.6 Å². The molecule has 1 aliphatic heterocycles. The number of fused-ring (bicyclic) bond motifs is 1. The molecular formula is C14H28N2. The molecule has 1 aliphatic carbocycles. The van der Waals surface area contributed by atoms with Crippen LogP contribution in [0.15, 0.2) is 0 Å². The second-order valence-electron chi connectivity index (χ2n) is 5.71. The number of nitrogens with zero attached hydrogens (tertiary/aromatic N) is 1. The first-order valence-electron chi connectivity index (χ1n) is 7.28. The molecular weight excluding hydrogens is 196 g/mol. The maximum absolute atomic E-state index is 3.55. The van der Waals surface area contributed by atoms with Crippen molar-refractivity contribution in [2.24, 2.45) is 5.92 Å². The second-order valence-corrected chi connectivity index (χ2v) is 5.71. The normalized spacial score (nSPS) is 33.4. The van der Waals surface area contributed by atoms with Crippen LogP contribution in [-0.4, -0.2) is 36.6 Å². The van der Waals surface area contributed by atoms with Crippen LogP contribution in [0.2, 0.25) is 0 Å². The van der Waals surface area contributed by atoms with Crippen molar-refractivity contribution in [3.8, 4) is 0 Å². The van der Waals surface area contributed by atoms with Crippen LogP contribution in [0.3, 0.4) is 0 Å². The van der Waals surface area contributed by atoms with Crippen LogP contribution in [0.25, 0.3) is 0 Å². The first kappa shape index (κ1) is 12.4. The fraction of sp³-hybridized carbons (Fsp3) is 1.00. The third kappa shape index (κ3) is 2.98. The van der Waals surface area contributed by atoms with Crippen molar-refractivity contribution in [1.29, 1.82) is 0 Å². The molecule has 2 heteroatoms.